The van der Waals surface area contributed by atoms with E-state index >= 15 is 0 Å². The zero-order valence-corrected chi connectivity index (χ0v) is 24.7. The summed E-state index contributed by atoms with van der Waals surface area (Å²) in [5.41, 5.74) is 6.34. The maximum atomic E-state index is 11.2. The summed E-state index contributed by atoms with van der Waals surface area (Å²) in [6.07, 6.45) is 13.4. The number of non-ortho nitro benzene ring substituents is 1. The van der Waals surface area contributed by atoms with Crippen LogP contribution in [0.2, 0.25) is 0 Å². The first-order valence-corrected chi connectivity index (χ1v) is 15.8. The number of rotatable bonds is 6. The molecule has 220 valence electrons. The quantitative estimate of drug-likeness (QED) is 0.180. The largest absolute Gasteiger partial charge is 0.393 e. The molecule has 7 rings (SSSR count). The Morgan fingerprint density at radius 3 is 2.57 bits per heavy atom. The minimum Gasteiger partial charge on any atom is -0.393 e. The monoisotopic (exact) mass is 566 g/mol. The van der Waals surface area contributed by atoms with Crippen molar-refractivity contribution in [2.75, 3.05) is 5.32 Å². The van der Waals surface area contributed by atoms with Crippen LogP contribution in [0, 0.1) is 38.7 Å². The molecule has 42 heavy (non-hydrogen) atoms. The Morgan fingerprint density at radius 2 is 1.81 bits per heavy atom. The third-order valence-electron chi connectivity index (χ3n) is 11.8. The van der Waals surface area contributed by atoms with Crippen LogP contribution in [-0.4, -0.2) is 25.9 Å². The predicted molar refractivity (Wildman–Crippen MR) is 164 cm³/mol. The topological polar surface area (TPSA) is 93.2 Å². The number of nitrogens with one attached hydrogen (secondary N) is 1. The van der Waals surface area contributed by atoms with Gasteiger partial charge in [0, 0.05) is 42.0 Å². The number of aromatic nitrogens is 2. The van der Waals surface area contributed by atoms with Gasteiger partial charge in [-0.3, -0.25) is 10.1 Å². The molecule has 3 unspecified atom stereocenters. The van der Waals surface area contributed by atoms with Crippen LogP contribution in [0.3, 0.4) is 0 Å². The minimum absolute atomic E-state index is 0.0888. The molecule has 0 amide bonds. The van der Waals surface area contributed by atoms with Crippen LogP contribution in [-0.2, 0) is 6.54 Å². The highest BCUT2D eigenvalue weighted by Gasteiger charge is 2.59. The molecule has 7 nitrogen and oxygen atoms in total. The molecule has 3 aromatic rings. The number of fused-ring (bicyclic) bond motifs is 5. The summed E-state index contributed by atoms with van der Waals surface area (Å²) in [6, 6.07) is 17.0. The second kappa shape index (κ2) is 10.4. The van der Waals surface area contributed by atoms with Gasteiger partial charge in [-0.1, -0.05) is 43.7 Å². The molecule has 7 atom stereocenters. The Bertz CT molecular complexity index is 1500. The van der Waals surface area contributed by atoms with E-state index in [-0.39, 0.29) is 27.5 Å². The van der Waals surface area contributed by atoms with Crippen molar-refractivity contribution >= 4 is 11.4 Å². The number of aliphatic hydroxyl groups is 1. The lowest BCUT2D eigenvalue weighted by Crippen LogP contribution is -2.50. The van der Waals surface area contributed by atoms with E-state index in [9.17, 15) is 15.2 Å². The van der Waals surface area contributed by atoms with Crippen LogP contribution in [0.15, 0.2) is 72.4 Å². The summed E-state index contributed by atoms with van der Waals surface area (Å²) in [6.45, 7) is 5.72. The molecule has 4 aliphatic rings. The van der Waals surface area contributed by atoms with Gasteiger partial charge < -0.3 is 10.4 Å². The van der Waals surface area contributed by atoms with Crippen LogP contribution in [0.5, 0.6) is 0 Å². The molecular weight excluding hydrogens is 524 g/mol. The number of nitro benzene ring substituents is 1. The SMILES string of the molecule is C[C@]12CC[C@H](O)CC1=CCC1C2CC[C@@]2(C)C1CC[C@@H]2c1nn(-c2ccc([N+](=O)[O-])cc2)cc1CNc1ccccc1. The van der Waals surface area contributed by atoms with Gasteiger partial charge >= 0.3 is 0 Å². The minimum atomic E-state index is -0.358. The van der Waals surface area contributed by atoms with Crippen molar-refractivity contribution in [3.05, 3.63) is 93.8 Å². The van der Waals surface area contributed by atoms with Gasteiger partial charge in [-0.2, -0.15) is 5.10 Å². The molecule has 2 N–H and O–H groups in total. The van der Waals surface area contributed by atoms with Crippen LogP contribution in [0.1, 0.15) is 82.4 Å². The van der Waals surface area contributed by atoms with Crippen LogP contribution in [0.25, 0.3) is 5.69 Å². The molecule has 7 heteroatoms. The number of nitrogens with zero attached hydrogens (tertiary/aromatic N) is 3. The van der Waals surface area contributed by atoms with Crippen LogP contribution in [0.4, 0.5) is 11.4 Å². The molecule has 0 bridgehead atoms. The molecule has 0 aliphatic heterocycles. The average Bonchev–Trinajstić information content (AvgIpc) is 3.57. The number of allylic oxidation sites excluding steroid dienone is 1. The molecule has 3 fully saturated rings. The van der Waals surface area contributed by atoms with Gasteiger partial charge in [0.05, 0.1) is 22.4 Å². The van der Waals surface area contributed by atoms with Gasteiger partial charge in [0.2, 0.25) is 0 Å². The molecule has 0 radical (unpaired) electrons. The number of hydrogen-bond acceptors (Lipinski definition) is 5. The van der Waals surface area contributed by atoms with Crippen molar-refractivity contribution in [1.29, 1.82) is 0 Å². The molecule has 0 saturated heterocycles. The lowest BCUT2D eigenvalue weighted by atomic mass is 9.47. The first kappa shape index (κ1) is 27.4. The highest BCUT2D eigenvalue weighted by molar-refractivity contribution is 5.45. The number of nitro groups is 1. The Hall–Kier alpha value is -3.45. The summed E-state index contributed by atoms with van der Waals surface area (Å²) in [5, 5.41) is 30.5. The molecule has 0 spiro atoms. The van der Waals surface area contributed by atoms with E-state index in [2.05, 4.69) is 43.6 Å². The fraction of sp³-hybridized carbons (Fsp3) is 0.514. The van der Waals surface area contributed by atoms with E-state index in [1.165, 1.54) is 36.1 Å². The normalized spacial score (nSPS) is 33.7. The average molecular weight is 567 g/mol. The van der Waals surface area contributed by atoms with Crippen molar-refractivity contribution in [2.45, 2.75) is 83.8 Å². The smallest absolute Gasteiger partial charge is 0.269 e. The molecule has 4 aliphatic carbocycles. The Balaban J connectivity index is 1.21. The molecule has 3 saturated carbocycles. The van der Waals surface area contributed by atoms with Crippen LogP contribution < -0.4 is 5.32 Å². The van der Waals surface area contributed by atoms with Gasteiger partial charge in [0.25, 0.3) is 5.69 Å². The summed E-state index contributed by atoms with van der Waals surface area (Å²) in [7, 11) is 0. The standard InChI is InChI=1S/C35H42N4O3/c1-34-18-16-28(40)20-24(34)8-13-29-30-14-15-32(35(30,2)19-17-31(29)34)33-23(21-36-25-6-4-3-5-7-25)22-38(37-33)26-9-11-27(12-10-26)39(41)42/h3-12,22,28-32,36,40H,13-21H2,1-2H3/t28-,29?,30?,31?,32+,34-,35-/m0/s1. The molecular formula is C35H42N4O3. The van der Waals surface area contributed by atoms with E-state index in [4.69, 9.17) is 5.10 Å². The van der Waals surface area contributed by atoms with Crippen molar-refractivity contribution in [3.8, 4) is 5.69 Å². The van der Waals surface area contributed by atoms with Crippen molar-refractivity contribution in [2.24, 2.45) is 28.6 Å². The van der Waals surface area contributed by atoms with Crippen molar-refractivity contribution < 1.29 is 10.0 Å². The van der Waals surface area contributed by atoms with Gasteiger partial charge in [0.15, 0.2) is 0 Å². The van der Waals surface area contributed by atoms with E-state index in [0.717, 1.165) is 43.5 Å². The Kier molecular flexibility index (Phi) is 6.76. The summed E-state index contributed by atoms with van der Waals surface area (Å²) < 4.78 is 1.92. The fourth-order valence-corrected chi connectivity index (χ4v) is 9.56. The first-order valence-electron chi connectivity index (χ1n) is 15.8. The Morgan fingerprint density at radius 1 is 1.02 bits per heavy atom. The molecule has 1 heterocycles. The number of hydrogen-bond donors (Lipinski definition) is 2. The van der Waals surface area contributed by atoms with Crippen molar-refractivity contribution in [3.63, 3.8) is 0 Å². The molecule has 2 aromatic carbocycles. The van der Waals surface area contributed by atoms with E-state index in [1.54, 1.807) is 24.3 Å². The van der Waals surface area contributed by atoms with Gasteiger partial charge in [-0.25, -0.2) is 4.68 Å². The first-order chi connectivity index (χ1) is 20.3. The summed E-state index contributed by atoms with van der Waals surface area (Å²) in [4.78, 5) is 10.9. The number of anilines is 1. The lowest BCUT2D eigenvalue weighted by Gasteiger charge is -2.58. The second-order valence-corrected chi connectivity index (χ2v) is 13.8. The third kappa shape index (κ3) is 4.48. The highest BCUT2D eigenvalue weighted by Crippen LogP contribution is 2.68. The number of benzene rings is 2. The van der Waals surface area contributed by atoms with Gasteiger partial charge in [-0.15, -0.1) is 0 Å². The third-order valence-corrected chi connectivity index (χ3v) is 11.8. The van der Waals surface area contributed by atoms with Gasteiger partial charge in [0.1, 0.15) is 0 Å². The van der Waals surface area contributed by atoms with E-state index in [0.29, 0.717) is 30.2 Å². The van der Waals surface area contributed by atoms with E-state index < -0.39 is 0 Å². The van der Waals surface area contributed by atoms with Gasteiger partial charge in [-0.05, 0) is 104 Å². The lowest BCUT2D eigenvalue weighted by molar-refractivity contribution is -0.384. The fourth-order valence-electron chi connectivity index (χ4n) is 9.56. The van der Waals surface area contributed by atoms with Crippen LogP contribution >= 0.6 is 0 Å². The van der Waals surface area contributed by atoms with Crippen molar-refractivity contribution in [1.82, 2.24) is 9.78 Å². The zero-order valence-electron chi connectivity index (χ0n) is 24.7. The molecule has 1 aromatic heterocycles. The maximum Gasteiger partial charge on any atom is 0.269 e. The summed E-state index contributed by atoms with van der Waals surface area (Å²) >= 11 is 0. The van der Waals surface area contributed by atoms with E-state index in [1.807, 2.05) is 22.9 Å². The Labute approximate surface area is 248 Å². The zero-order chi connectivity index (χ0) is 29.1. The highest BCUT2D eigenvalue weighted by atomic mass is 16.6. The number of aliphatic hydroxyl groups excluding tert-OH is 1. The predicted octanol–water partition coefficient (Wildman–Crippen LogP) is 7.80. The maximum absolute atomic E-state index is 11.2. The summed E-state index contributed by atoms with van der Waals surface area (Å²) in [5.74, 6) is 2.45. The second-order valence-electron chi connectivity index (χ2n) is 13.8. The number of para-hydroxylation sites is 1.